The first-order valence-electron chi connectivity index (χ1n) is 17.2. The van der Waals surface area contributed by atoms with Gasteiger partial charge in [0.2, 0.25) is 0 Å². The fourth-order valence-electron chi connectivity index (χ4n) is 7.79. The first-order chi connectivity index (χ1) is 23.1. The Bertz CT molecular complexity index is 2500. The maximum atomic E-state index is 5.48. The molecule has 4 heterocycles. The molecule has 0 saturated heterocycles. The third-order valence-electron chi connectivity index (χ3n) is 11.3. The molecule has 4 aromatic carbocycles. The molecule has 8 aromatic rings. The molecule has 0 radical (unpaired) electrons. The van der Waals surface area contributed by atoms with Crippen molar-refractivity contribution in [3.8, 4) is 11.3 Å². The predicted octanol–water partition coefficient (Wildman–Crippen LogP) is 10.8. The van der Waals surface area contributed by atoms with Crippen molar-refractivity contribution in [1.29, 1.82) is 0 Å². The van der Waals surface area contributed by atoms with E-state index in [0.29, 0.717) is 11.1 Å². The van der Waals surface area contributed by atoms with Crippen molar-refractivity contribution < 1.29 is 0 Å². The van der Waals surface area contributed by atoms with Crippen molar-refractivity contribution >= 4 is 62.5 Å². The van der Waals surface area contributed by atoms with Gasteiger partial charge in [-0.3, -0.25) is 9.38 Å². The Kier molecular flexibility index (Phi) is 7.04. The summed E-state index contributed by atoms with van der Waals surface area (Å²) in [6.45, 7) is 16.6. The Labute approximate surface area is 283 Å². The van der Waals surface area contributed by atoms with Gasteiger partial charge in [0.25, 0.3) is 0 Å². The van der Waals surface area contributed by atoms with Crippen molar-refractivity contribution in [2.75, 3.05) is 0 Å². The highest BCUT2D eigenvalue weighted by atomic mass is 28.3. The Balaban J connectivity index is 1.31. The molecule has 5 heteroatoms. The van der Waals surface area contributed by atoms with E-state index in [2.05, 4.69) is 162 Å². The van der Waals surface area contributed by atoms with Crippen molar-refractivity contribution in [3.63, 3.8) is 0 Å². The van der Waals surface area contributed by atoms with Gasteiger partial charge in [-0.1, -0.05) is 124 Å². The minimum absolute atomic E-state index is 0.475. The van der Waals surface area contributed by atoms with Gasteiger partial charge in [0.1, 0.15) is 5.65 Å². The van der Waals surface area contributed by atoms with E-state index in [1.54, 1.807) is 0 Å². The molecule has 0 atom stereocenters. The topological polar surface area (TPSA) is 43.1 Å². The summed E-state index contributed by atoms with van der Waals surface area (Å²) in [7, 11) is -1.64. The first-order valence-corrected chi connectivity index (χ1v) is 19.8. The largest absolute Gasteiger partial charge is 0.290 e. The van der Waals surface area contributed by atoms with Gasteiger partial charge in [-0.2, -0.15) is 0 Å². The van der Waals surface area contributed by atoms with Gasteiger partial charge in [0.15, 0.2) is 0 Å². The van der Waals surface area contributed by atoms with Gasteiger partial charge >= 0.3 is 0 Å². The van der Waals surface area contributed by atoms with E-state index in [-0.39, 0.29) is 0 Å². The monoisotopic (exact) mass is 642 g/mol. The molecule has 0 unspecified atom stereocenters. The number of para-hydroxylation sites is 2. The number of aromatic nitrogens is 4. The number of imidazole rings is 1. The smallest absolute Gasteiger partial charge is 0.146 e. The van der Waals surface area contributed by atoms with Crippen LogP contribution in [0.15, 0.2) is 115 Å². The van der Waals surface area contributed by atoms with Gasteiger partial charge in [0.05, 0.1) is 47.2 Å². The molecule has 238 valence electrons. The molecular weight excluding hydrogens is 601 g/mol. The summed E-state index contributed by atoms with van der Waals surface area (Å²) < 4.78 is 2.27. The minimum Gasteiger partial charge on any atom is -0.290 e. The van der Waals surface area contributed by atoms with Crippen LogP contribution in [0.3, 0.4) is 0 Å². The van der Waals surface area contributed by atoms with Crippen molar-refractivity contribution in [3.05, 3.63) is 127 Å². The summed E-state index contributed by atoms with van der Waals surface area (Å²) in [5.41, 5.74) is 10.1. The zero-order valence-electron chi connectivity index (χ0n) is 28.9. The molecule has 48 heavy (non-hydrogen) atoms. The second-order valence-corrected chi connectivity index (χ2v) is 20.2. The molecular formula is C43H42N4Si. The second kappa shape index (κ2) is 11.1. The third-order valence-corrected chi connectivity index (χ3v) is 17.6. The number of nitrogens with zero attached hydrogens (tertiary/aromatic N) is 4. The van der Waals surface area contributed by atoms with Crippen LogP contribution in [-0.4, -0.2) is 27.4 Å². The summed E-state index contributed by atoms with van der Waals surface area (Å²) in [6.07, 6.45) is 0. The van der Waals surface area contributed by atoms with Crippen LogP contribution in [0.1, 0.15) is 52.9 Å². The minimum atomic E-state index is -1.64. The van der Waals surface area contributed by atoms with E-state index in [1.165, 1.54) is 10.6 Å². The van der Waals surface area contributed by atoms with Gasteiger partial charge in [-0.15, -0.1) is 0 Å². The van der Waals surface area contributed by atoms with Gasteiger partial charge in [-0.05, 0) is 60.6 Å². The normalized spacial score (nSPS) is 12.9. The molecule has 0 N–H and O–H groups in total. The zero-order valence-corrected chi connectivity index (χ0v) is 29.9. The maximum absolute atomic E-state index is 5.48. The standard InChI is InChI=1S/C43H42N4Si/c1-27(2)48(7,28(3)4)31-22-20-29(21-23-31)36-26-30-14-8-9-15-32(30)41(44-36)43(5,6)39-25-24-38-40(46-39)33-16-10-11-17-34(33)42-45-35-18-12-13-19-37(35)47(38)42/h8-28H,1-7H3. The van der Waals surface area contributed by atoms with Crippen LogP contribution in [0.4, 0.5) is 0 Å². The van der Waals surface area contributed by atoms with Gasteiger partial charge in [-0.25, -0.2) is 9.97 Å². The SMILES string of the molecule is CC(C)[Si](C)(c1ccc(-c2cc3ccccc3c(C(C)(C)c3ccc4c(n3)c3ccccc3c3nc5ccccc5n43)n2)cc1)C(C)C. The van der Waals surface area contributed by atoms with Crippen LogP contribution in [0.25, 0.3) is 60.5 Å². The number of rotatable bonds is 6. The highest BCUT2D eigenvalue weighted by molar-refractivity contribution is 6.92. The van der Waals surface area contributed by atoms with Crippen LogP contribution in [0, 0.1) is 0 Å². The third kappa shape index (κ3) is 4.51. The van der Waals surface area contributed by atoms with Crippen LogP contribution in [0.2, 0.25) is 17.6 Å². The molecule has 4 nitrogen and oxygen atoms in total. The zero-order chi connectivity index (χ0) is 33.4. The Morgan fingerprint density at radius 3 is 2.00 bits per heavy atom. The summed E-state index contributed by atoms with van der Waals surface area (Å²) in [5, 5.41) is 6.08. The van der Waals surface area contributed by atoms with Crippen LogP contribution in [-0.2, 0) is 5.41 Å². The first kappa shape index (κ1) is 30.5. The molecule has 0 aliphatic heterocycles. The van der Waals surface area contributed by atoms with Crippen LogP contribution in [0.5, 0.6) is 0 Å². The molecule has 0 fully saturated rings. The Hall–Kier alpha value is -4.87. The molecule has 0 spiro atoms. The number of hydrogen-bond acceptors (Lipinski definition) is 3. The number of fused-ring (bicyclic) bond motifs is 9. The van der Waals surface area contributed by atoms with E-state index in [4.69, 9.17) is 15.0 Å². The summed E-state index contributed by atoms with van der Waals surface area (Å²) in [5.74, 6) is 0. The fourth-order valence-corrected chi connectivity index (χ4v) is 11.3. The van der Waals surface area contributed by atoms with Crippen molar-refractivity contribution in [2.45, 2.75) is 64.6 Å². The van der Waals surface area contributed by atoms with Gasteiger partial charge < -0.3 is 0 Å². The fraction of sp³-hybridized carbons (Fsp3) is 0.233. The van der Waals surface area contributed by atoms with E-state index in [0.717, 1.165) is 66.5 Å². The highest BCUT2D eigenvalue weighted by Gasteiger charge is 2.36. The Morgan fingerprint density at radius 2 is 1.27 bits per heavy atom. The molecule has 8 rings (SSSR count). The average Bonchev–Trinajstić information content (AvgIpc) is 3.50. The predicted molar refractivity (Wildman–Crippen MR) is 206 cm³/mol. The Morgan fingerprint density at radius 1 is 0.625 bits per heavy atom. The van der Waals surface area contributed by atoms with Crippen LogP contribution < -0.4 is 5.19 Å². The molecule has 0 amide bonds. The number of pyridine rings is 3. The van der Waals surface area contributed by atoms with Crippen molar-refractivity contribution in [2.24, 2.45) is 0 Å². The van der Waals surface area contributed by atoms with E-state index < -0.39 is 13.5 Å². The molecule has 0 saturated carbocycles. The molecule has 0 aliphatic rings. The van der Waals surface area contributed by atoms with Crippen molar-refractivity contribution in [1.82, 2.24) is 19.4 Å². The quantitative estimate of drug-likeness (QED) is 0.134. The van der Waals surface area contributed by atoms with E-state index in [9.17, 15) is 0 Å². The maximum Gasteiger partial charge on any atom is 0.146 e. The lowest BCUT2D eigenvalue weighted by atomic mass is 9.81. The second-order valence-electron chi connectivity index (χ2n) is 14.7. The lowest BCUT2D eigenvalue weighted by Gasteiger charge is -2.36. The lowest BCUT2D eigenvalue weighted by molar-refractivity contribution is 0.605. The van der Waals surface area contributed by atoms with E-state index in [1.807, 2.05) is 6.07 Å². The summed E-state index contributed by atoms with van der Waals surface area (Å²) >= 11 is 0. The average molecular weight is 643 g/mol. The molecule has 0 aliphatic carbocycles. The summed E-state index contributed by atoms with van der Waals surface area (Å²) in [6, 6.07) is 41.5. The van der Waals surface area contributed by atoms with Crippen LogP contribution >= 0.6 is 0 Å². The number of hydrogen-bond donors (Lipinski definition) is 0. The van der Waals surface area contributed by atoms with E-state index >= 15 is 0 Å². The highest BCUT2D eigenvalue weighted by Crippen LogP contribution is 2.39. The van der Waals surface area contributed by atoms with Gasteiger partial charge in [0, 0.05) is 27.1 Å². The lowest BCUT2D eigenvalue weighted by Crippen LogP contribution is -2.50. The summed E-state index contributed by atoms with van der Waals surface area (Å²) in [4.78, 5) is 16.0. The molecule has 4 aromatic heterocycles. The number of benzene rings is 4. The molecule has 0 bridgehead atoms.